The number of hydrogen-bond donors (Lipinski definition) is 1. The molecule has 9 heteroatoms. The Hall–Kier alpha value is -2.16. The number of sulfonamides is 1. The summed E-state index contributed by atoms with van der Waals surface area (Å²) in [5.74, 6) is -2.81. The SMILES string of the molecule is Cc1ccc(F)c(C(C)[C@@H](C(=O)O)N2CN(C)c3cc(Cl)cc(C)c3S2(=O)=O)c1C. The smallest absolute Gasteiger partial charge is 0.322 e. The highest BCUT2D eigenvalue weighted by Gasteiger charge is 2.45. The van der Waals surface area contributed by atoms with Gasteiger partial charge in [-0.15, -0.1) is 0 Å². The van der Waals surface area contributed by atoms with E-state index in [0.717, 1.165) is 9.87 Å². The topological polar surface area (TPSA) is 77.9 Å². The molecule has 30 heavy (non-hydrogen) atoms. The van der Waals surface area contributed by atoms with E-state index in [1.54, 1.807) is 51.8 Å². The van der Waals surface area contributed by atoms with Gasteiger partial charge in [0.15, 0.2) is 0 Å². The standard InChI is InChI=1S/C21H24ClFN2O4S/c1-11-6-7-16(23)18(13(11)3)14(4)19(21(26)27)25-10-24(5)17-9-15(22)8-12(2)20(17)30(25,28)29/h6-9,14,19H,10H2,1-5H3,(H,26,27)/t14?,19-/m0/s1. The van der Waals surface area contributed by atoms with Gasteiger partial charge >= 0.3 is 5.97 Å². The van der Waals surface area contributed by atoms with E-state index in [0.29, 0.717) is 21.8 Å². The number of benzene rings is 2. The lowest BCUT2D eigenvalue weighted by molar-refractivity contribution is -0.142. The molecule has 0 spiro atoms. The zero-order chi connectivity index (χ0) is 22.5. The molecule has 0 fully saturated rings. The van der Waals surface area contributed by atoms with Crippen LogP contribution in [-0.4, -0.2) is 43.6 Å². The van der Waals surface area contributed by atoms with E-state index in [9.17, 15) is 22.7 Å². The summed E-state index contributed by atoms with van der Waals surface area (Å²) in [6.07, 6.45) is 0. The Kier molecular flexibility index (Phi) is 5.88. The summed E-state index contributed by atoms with van der Waals surface area (Å²) < 4.78 is 42.6. The lowest BCUT2D eigenvalue weighted by Gasteiger charge is -2.40. The zero-order valence-corrected chi connectivity index (χ0v) is 19.0. The lowest BCUT2D eigenvalue weighted by Crippen LogP contribution is -2.54. The largest absolute Gasteiger partial charge is 0.480 e. The van der Waals surface area contributed by atoms with E-state index in [4.69, 9.17) is 11.6 Å². The van der Waals surface area contributed by atoms with Crippen LogP contribution < -0.4 is 4.90 Å². The predicted octanol–water partition coefficient (Wildman–Crippen LogP) is 4.06. The van der Waals surface area contributed by atoms with Gasteiger partial charge in [-0.05, 0) is 61.2 Å². The summed E-state index contributed by atoms with van der Waals surface area (Å²) in [5, 5.41) is 10.4. The van der Waals surface area contributed by atoms with E-state index in [1.165, 1.54) is 12.1 Å². The fraction of sp³-hybridized carbons (Fsp3) is 0.381. The maximum atomic E-state index is 14.7. The summed E-state index contributed by atoms with van der Waals surface area (Å²) >= 11 is 6.10. The van der Waals surface area contributed by atoms with E-state index in [1.807, 2.05) is 0 Å². The molecule has 1 aliphatic heterocycles. The number of anilines is 1. The molecule has 1 unspecified atom stereocenters. The van der Waals surface area contributed by atoms with E-state index >= 15 is 0 Å². The van der Waals surface area contributed by atoms with Gasteiger partial charge in [-0.2, -0.15) is 4.31 Å². The van der Waals surface area contributed by atoms with Gasteiger partial charge < -0.3 is 10.0 Å². The van der Waals surface area contributed by atoms with E-state index < -0.39 is 33.8 Å². The molecule has 1 N–H and O–H groups in total. The number of carbonyl (C=O) groups is 1. The molecular formula is C21H24ClFN2O4S. The second kappa shape index (κ2) is 7.83. The predicted molar refractivity (Wildman–Crippen MR) is 114 cm³/mol. The van der Waals surface area contributed by atoms with Crippen LogP contribution in [0.25, 0.3) is 0 Å². The zero-order valence-electron chi connectivity index (χ0n) is 17.4. The Bertz CT molecular complexity index is 1140. The molecule has 0 saturated heterocycles. The van der Waals surface area contributed by atoms with Crippen LogP contribution in [0.15, 0.2) is 29.2 Å². The number of hydrogen-bond acceptors (Lipinski definition) is 4. The molecule has 162 valence electrons. The molecule has 2 atom stereocenters. The third kappa shape index (κ3) is 3.57. The molecule has 1 aliphatic rings. The highest BCUT2D eigenvalue weighted by molar-refractivity contribution is 7.89. The van der Waals surface area contributed by atoms with Crippen LogP contribution >= 0.6 is 11.6 Å². The van der Waals surface area contributed by atoms with Gasteiger partial charge in [0.25, 0.3) is 0 Å². The van der Waals surface area contributed by atoms with Crippen molar-refractivity contribution in [3.63, 3.8) is 0 Å². The number of carboxylic acid groups (broad SMARTS) is 1. The first-order chi connectivity index (χ1) is 13.9. The number of halogens is 2. The first-order valence-electron chi connectivity index (χ1n) is 9.39. The fourth-order valence-electron chi connectivity index (χ4n) is 4.16. The van der Waals surface area contributed by atoms with Crippen LogP contribution in [0.5, 0.6) is 0 Å². The van der Waals surface area contributed by atoms with Gasteiger partial charge in [0.05, 0.1) is 12.4 Å². The molecule has 2 aromatic rings. The average Bonchev–Trinajstić information content (AvgIpc) is 2.62. The van der Waals surface area contributed by atoms with Crippen molar-refractivity contribution in [2.24, 2.45) is 0 Å². The highest BCUT2D eigenvalue weighted by atomic mass is 35.5. The molecule has 0 bridgehead atoms. The van der Waals surface area contributed by atoms with Crippen molar-refractivity contribution in [2.45, 2.75) is 44.6 Å². The monoisotopic (exact) mass is 454 g/mol. The number of carboxylic acids is 1. The van der Waals surface area contributed by atoms with Crippen molar-refractivity contribution >= 4 is 33.3 Å². The van der Waals surface area contributed by atoms with Crippen LogP contribution in [0.4, 0.5) is 10.1 Å². The molecule has 0 saturated carbocycles. The highest BCUT2D eigenvalue weighted by Crippen LogP contribution is 2.40. The quantitative estimate of drug-likeness (QED) is 0.753. The Balaban J connectivity index is 2.19. The summed E-state index contributed by atoms with van der Waals surface area (Å²) in [6.45, 7) is 6.48. The molecule has 2 aromatic carbocycles. The Labute approximate surface area is 180 Å². The number of aliphatic carboxylic acids is 1. The summed E-state index contributed by atoms with van der Waals surface area (Å²) in [4.78, 5) is 13.9. The third-order valence-corrected chi connectivity index (χ3v) is 8.00. The molecule has 6 nitrogen and oxygen atoms in total. The molecule has 0 radical (unpaired) electrons. The minimum atomic E-state index is -4.17. The first-order valence-corrected chi connectivity index (χ1v) is 11.2. The third-order valence-electron chi connectivity index (χ3n) is 5.77. The van der Waals surface area contributed by atoms with Crippen LogP contribution in [0.2, 0.25) is 5.02 Å². The average molecular weight is 455 g/mol. The van der Waals surface area contributed by atoms with Gasteiger partial charge in [-0.1, -0.05) is 24.6 Å². The number of nitrogens with zero attached hydrogens (tertiary/aromatic N) is 2. The van der Waals surface area contributed by atoms with Crippen LogP contribution in [0.1, 0.15) is 35.1 Å². The first kappa shape index (κ1) is 22.5. The van der Waals surface area contributed by atoms with Gasteiger partial charge in [0, 0.05) is 18.0 Å². The van der Waals surface area contributed by atoms with E-state index in [-0.39, 0.29) is 17.1 Å². The van der Waals surface area contributed by atoms with Crippen molar-refractivity contribution in [3.8, 4) is 0 Å². The van der Waals surface area contributed by atoms with E-state index in [2.05, 4.69) is 0 Å². The molecule has 0 amide bonds. The minimum Gasteiger partial charge on any atom is -0.480 e. The van der Waals surface area contributed by atoms with Crippen molar-refractivity contribution in [3.05, 3.63) is 57.4 Å². The number of aryl methyl sites for hydroxylation is 2. The summed E-state index contributed by atoms with van der Waals surface area (Å²) in [5.41, 5.74) is 2.45. The maximum absolute atomic E-state index is 14.7. The van der Waals surface area contributed by atoms with Crippen LogP contribution in [-0.2, 0) is 14.8 Å². The van der Waals surface area contributed by atoms with Crippen molar-refractivity contribution in [2.75, 3.05) is 18.6 Å². The molecule has 3 rings (SSSR count). The minimum absolute atomic E-state index is 0.0144. The molecule has 1 heterocycles. The van der Waals surface area contributed by atoms with Crippen molar-refractivity contribution < 1.29 is 22.7 Å². The Morgan fingerprint density at radius 1 is 1.20 bits per heavy atom. The van der Waals surface area contributed by atoms with Crippen molar-refractivity contribution in [1.82, 2.24) is 4.31 Å². The summed E-state index contributed by atoms with van der Waals surface area (Å²) in [7, 11) is -2.50. The molecular weight excluding hydrogens is 431 g/mol. The Morgan fingerprint density at radius 2 is 1.83 bits per heavy atom. The molecule has 0 aromatic heterocycles. The number of rotatable bonds is 4. The normalized spacial score (nSPS) is 18.0. The second-order valence-corrected chi connectivity index (χ2v) is 10.0. The van der Waals surface area contributed by atoms with Gasteiger partial charge in [-0.25, -0.2) is 12.8 Å². The molecule has 0 aliphatic carbocycles. The lowest BCUT2D eigenvalue weighted by atomic mass is 9.87. The van der Waals surface area contributed by atoms with Gasteiger partial charge in [0.2, 0.25) is 10.0 Å². The van der Waals surface area contributed by atoms with Crippen LogP contribution in [0, 0.1) is 26.6 Å². The second-order valence-electron chi connectivity index (χ2n) is 7.78. The maximum Gasteiger partial charge on any atom is 0.322 e. The number of fused-ring (bicyclic) bond motifs is 1. The van der Waals surface area contributed by atoms with Crippen LogP contribution in [0.3, 0.4) is 0 Å². The van der Waals surface area contributed by atoms with Gasteiger partial charge in [0.1, 0.15) is 16.8 Å². The fourth-order valence-corrected chi connectivity index (χ4v) is 6.50. The summed E-state index contributed by atoms with van der Waals surface area (Å²) in [6, 6.07) is 4.48. The van der Waals surface area contributed by atoms with Crippen molar-refractivity contribution in [1.29, 1.82) is 0 Å². The Morgan fingerprint density at radius 3 is 2.43 bits per heavy atom. The van der Waals surface area contributed by atoms with Gasteiger partial charge in [-0.3, -0.25) is 4.79 Å².